The Morgan fingerprint density at radius 2 is 1.92 bits per heavy atom. The lowest BCUT2D eigenvalue weighted by Gasteiger charge is -2.15. The molecule has 0 aliphatic rings. The van der Waals surface area contributed by atoms with Crippen LogP contribution in [-0.4, -0.2) is 37.9 Å². The summed E-state index contributed by atoms with van der Waals surface area (Å²) in [6, 6.07) is 13.0. The smallest absolute Gasteiger partial charge is 0.325 e. The minimum atomic E-state index is -0.995. The van der Waals surface area contributed by atoms with E-state index in [1.54, 1.807) is 31.6 Å². The Morgan fingerprint density at radius 3 is 2.54 bits per heavy atom. The fraction of sp³-hybridized carbons (Fsp3) is 0.176. The number of carbonyl (C=O) groups is 1. The third kappa shape index (κ3) is 3.31. The fourth-order valence-corrected chi connectivity index (χ4v) is 2.43. The van der Waals surface area contributed by atoms with Crippen molar-refractivity contribution in [3.05, 3.63) is 66.2 Å². The highest BCUT2D eigenvalue weighted by molar-refractivity contribution is 5.66. The van der Waals surface area contributed by atoms with E-state index in [9.17, 15) is 4.79 Å². The molecule has 2 aromatic heterocycles. The van der Waals surface area contributed by atoms with Gasteiger partial charge in [-0.25, -0.2) is 9.67 Å². The Morgan fingerprint density at radius 1 is 1.21 bits per heavy atom. The second-order valence-electron chi connectivity index (χ2n) is 5.11. The average molecular weight is 324 g/mol. The fourth-order valence-electron chi connectivity index (χ4n) is 2.43. The second-order valence-corrected chi connectivity index (χ2v) is 5.11. The van der Waals surface area contributed by atoms with Crippen LogP contribution < -0.4 is 0 Å². The minimum Gasteiger partial charge on any atom is -0.480 e. The van der Waals surface area contributed by atoms with E-state index in [-0.39, 0.29) is 6.54 Å². The van der Waals surface area contributed by atoms with Gasteiger partial charge in [0.05, 0.1) is 0 Å². The van der Waals surface area contributed by atoms with Crippen molar-refractivity contribution in [1.29, 1.82) is 0 Å². The summed E-state index contributed by atoms with van der Waals surface area (Å²) >= 11 is 0. The predicted molar refractivity (Wildman–Crippen MR) is 86.2 cm³/mol. The van der Waals surface area contributed by atoms with Gasteiger partial charge in [0.15, 0.2) is 11.6 Å². The number of hydrogen-bond acceptors (Lipinski definition) is 5. The number of benzene rings is 1. The van der Waals surface area contributed by atoms with Crippen molar-refractivity contribution in [2.75, 3.05) is 7.11 Å². The molecule has 2 heterocycles. The van der Waals surface area contributed by atoms with Gasteiger partial charge in [-0.05, 0) is 17.7 Å². The number of nitrogens with zero attached hydrogens (tertiary/aromatic N) is 4. The minimum absolute atomic E-state index is 0.292. The van der Waals surface area contributed by atoms with E-state index in [0.29, 0.717) is 11.6 Å². The number of carboxylic acid groups (broad SMARTS) is 1. The van der Waals surface area contributed by atoms with Crippen LogP contribution >= 0.6 is 0 Å². The van der Waals surface area contributed by atoms with Crippen molar-refractivity contribution in [3.8, 4) is 11.4 Å². The molecule has 0 unspecified atom stereocenters. The summed E-state index contributed by atoms with van der Waals surface area (Å²) in [6.45, 7) is -0.292. The van der Waals surface area contributed by atoms with E-state index in [0.717, 1.165) is 11.1 Å². The Bertz CT molecular complexity index is 818. The summed E-state index contributed by atoms with van der Waals surface area (Å²) < 4.78 is 6.93. The van der Waals surface area contributed by atoms with Gasteiger partial charge in [0.2, 0.25) is 0 Å². The number of ether oxygens (including phenoxy) is 1. The van der Waals surface area contributed by atoms with Gasteiger partial charge in [-0.2, -0.15) is 5.10 Å². The molecular formula is C17H16N4O3. The maximum absolute atomic E-state index is 11.2. The van der Waals surface area contributed by atoms with Crippen LogP contribution in [0, 0.1) is 0 Å². The van der Waals surface area contributed by atoms with Gasteiger partial charge in [0.25, 0.3) is 0 Å². The lowest BCUT2D eigenvalue weighted by Crippen LogP contribution is -2.17. The molecule has 3 aromatic rings. The Balaban J connectivity index is 2.07. The van der Waals surface area contributed by atoms with Gasteiger partial charge < -0.3 is 9.84 Å². The molecule has 1 aromatic carbocycles. The molecular weight excluding hydrogens is 308 g/mol. The summed E-state index contributed by atoms with van der Waals surface area (Å²) in [5.41, 5.74) is 1.64. The zero-order chi connectivity index (χ0) is 16.9. The summed E-state index contributed by atoms with van der Waals surface area (Å²) in [6.07, 6.45) is 2.77. The molecule has 24 heavy (non-hydrogen) atoms. The van der Waals surface area contributed by atoms with Gasteiger partial charge >= 0.3 is 5.97 Å². The van der Waals surface area contributed by atoms with Crippen LogP contribution in [0.5, 0.6) is 0 Å². The van der Waals surface area contributed by atoms with Crippen LogP contribution in [0.3, 0.4) is 0 Å². The molecule has 1 atom stereocenters. The molecule has 122 valence electrons. The number of carboxylic acids is 1. The summed E-state index contributed by atoms with van der Waals surface area (Å²) in [4.78, 5) is 19.7. The SMILES string of the molecule is CO[C@H](c1ccccc1)c1nc(-c2ccncc2)nn1CC(=O)O. The molecule has 0 aliphatic carbocycles. The molecule has 3 rings (SSSR count). The number of hydrogen-bond donors (Lipinski definition) is 1. The first kappa shape index (κ1) is 15.8. The molecule has 7 nitrogen and oxygen atoms in total. The summed E-state index contributed by atoms with van der Waals surface area (Å²) in [7, 11) is 1.56. The highest BCUT2D eigenvalue weighted by atomic mass is 16.5. The third-order valence-corrected chi connectivity index (χ3v) is 3.50. The molecule has 0 bridgehead atoms. The highest BCUT2D eigenvalue weighted by Crippen LogP contribution is 2.26. The van der Waals surface area contributed by atoms with Gasteiger partial charge in [0.1, 0.15) is 12.6 Å². The number of methoxy groups -OCH3 is 1. The standard InChI is InChI=1S/C17H16N4O3/c1-24-15(12-5-3-2-4-6-12)17-19-16(13-7-9-18-10-8-13)20-21(17)11-14(22)23/h2-10,15H,11H2,1H3,(H,22,23)/t15-/m1/s1. The van der Waals surface area contributed by atoms with E-state index in [4.69, 9.17) is 9.84 Å². The van der Waals surface area contributed by atoms with Crippen molar-refractivity contribution in [2.24, 2.45) is 0 Å². The molecule has 0 saturated heterocycles. The van der Waals surface area contributed by atoms with Crippen molar-refractivity contribution in [1.82, 2.24) is 19.7 Å². The summed E-state index contributed by atoms with van der Waals surface area (Å²) in [5.74, 6) is -0.116. The van der Waals surface area contributed by atoms with E-state index >= 15 is 0 Å². The first-order valence-electron chi connectivity index (χ1n) is 7.33. The molecule has 0 saturated carbocycles. The molecule has 1 N–H and O–H groups in total. The number of pyridine rings is 1. The second kappa shape index (κ2) is 7.01. The topological polar surface area (TPSA) is 90.1 Å². The third-order valence-electron chi connectivity index (χ3n) is 3.50. The maximum Gasteiger partial charge on any atom is 0.325 e. The van der Waals surface area contributed by atoms with Gasteiger partial charge in [-0.15, -0.1) is 0 Å². The zero-order valence-electron chi connectivity index (χ0n) is 13.0. The first-order chi connectivity index (χ1) is 11.7. The van der Waals surface area contributed by atoms with E-state index in [1.165, 1.54) is 4.68 Å². The summed E-state index contributed by atoms with van der Waals surface area (Å²) in [5, 5.41) is 13.5. The zero-order valence-corrected chi connectivity index (χ0v) is 13.0. The number of aliphatic carboxylic acids is 1. The normalized spacial score (nSPS) is 12.0. The van der Waals surface area contributed by atoms with E-state index in [2.05, 4.69) is 15.1 Å². The van der Waals surface area contributed by atoms with Gasteiger partial charge in [-0.1, -0.05) is 30.3 Å². The van der Waals surface area contributed by atoms with Crippen LogP contribution in [-0.2, 0) is 16.1 Å². The van der Waals surface area contributed by atoms with Gasteiger partial charge in [-0.3, -0.25) is 9.78 Å². The molecule has 0 aliphatic heterocycles. The van der Waals surface area contributed by atoms with Crippen molar-refractivity contribution < 1.29 is 14.6 Å². The van der Waals surface area contributed by atoms with Crippen LogP contribution in [0.25, 0.3) is 11.4 Å². The van der Waals surface area contributed by atoms with Crippen LogP contribution in [0.2, 0.25) is 0 Å². The average Bonchev–Trinajstić information content (AvgIpc) is 3.00. The Labute approximate surface area is 138 Å². The first-order valence-corrected chi connectivity index (χ1v) is 7.33. The molecule has 0 amide bonds. The monoisotopic (exact) mass is 324 g/mol. The largest absolute Gasteiger partial charge is 0.480 e. The quantitative estimate of drug-likeness (QED) is 0.747. The van der Waals surface area contributed by atoms with E-state index < -0.39 is 12.1 Å². The lowest BCUT2D eigenvalue weighted by atomic mass is 10.1. The van der Waals surface area contributed by atoms with Crippen molar-refractivity contribution >= 4 is 5.97 Å². The van der Waals surface area contributed by atoms with Crippen LogP contribution in [0.4, 0.5) is 0 Å². The lowest BCUT2D eigenvalue weighted by molar-refractivity contribution is -0.138. The van der Waals surface area contributed by atoms with Crippen LogP contribution in [0.1, 0.15) is 17.5 Å². The van der Waals surface area contributed by atoms with E-state index in [1.807, 2.05) is 30.3 Å². The molecule has 0 radical (unpaired) electrons. The Hall–Kier alpha value is -3.06. The molecule has 0 fully saturated rings. The maximum atomic E-state index is 11.2. The predicted octanol–water partition coefficient (Wildman–Crippen LogP) is 2.16. The van der Waals surface area contributed by atoms with Gasteiger partial charge in [0, 0.05) is 25.1 Å². The number of aromatic nitrogens is 4. The van der Waals surface area contributed by atoms with Crippen molar-refractivity contribution in [2.45, 2.75) is 12.6 Å². The van der Waals surface area contributed by atoms with Crippen LogP contribution in [0.15, 0.2) is 54.9 Å². The molecule has 7 heteroatoms. The van der Waals surface area contributed by atoms with Crippen molar-refractivity contribution in [3.63, 3.8) is 0 Å². The highest BCUT2D eigenvalue weighted by Gasteiger charge is 2.23. The number of rotatable bonds is 6. The Kier molecular flexibility index (Phi) is 4.62. The molecule has 0 spiro atoms.